The van der Waals surface area contributed by atoms with Crippen molar-refractivity contribution in [2.45, 2.75) is 6.92 Å². The number of nitrogens with one attached hydrogen (secondary N) is 2. The van der Waals surface area contributed by atoms with Gasteiger partial charge < -0.3 is 4.42 Å². The predicted octanol–water partition coefficient (Wildman–Crippen LogP) is 4.44. The van der Waals surface area contributed by atoms with E-state index < -0.39 is 11.8 Å². The Hall–Kier alpha value is -3.97. The Balaban J connectivity index is 1.41. The molecule has 2 N–H and O–H groups in total. The van der Waals surface area contributed by atoms with Crippen molar-refractivity contribution in [1.29, 1.82) is 0 Å². The van der Waals surface area contributed by atoms with Gasteiger partial charge in [0.15, 0.2) is 0 Å². The molecule has 0 bridgehead atoms. The molecule has 0 aliphatic heterocycles. The van der Waals surface area contributed by atoms with Crippen molar-refractivity contribution in [2.75, 3.05) is 0 Å². The molecule has 0 spiro atoms. The van der Waals surface area contributed by atoms with Crippen LogP contribution >= 0.6 is 11.6 Å². The normalized spacial score (nSPS) is 10.5. The lowest BCUT2D eigenvalue weighted by atomic mass is 10.1. The Bertz CT molecular complexity index is 1230. The van der Waals surface area contributed by atoms with Crippen molar-refractivity contribution < 1.29 is 14.0 Å². The summed E-state index contributed by atoms with van der Waals surface area (Å²) < 4.78 is 5.78. The van der Waals surface area contributed by atoms with E-state index in [2.05, 4.69) is 21.0 Å². The number of benzene rings is 3. The van der Waals surface area contributed by atoms with Gasteiger partial charge in [-0.1, -0.05) is 29.8 Å². The zero-order chi connectivity index (χ0) is 21.8. The number of rotatable bonds is 4. The molecule has 3 aromatic carbocycles. The van der Waals surface area contributed by atoms with Gasteiger partial charge in [0.05, 0.1) is 0 Å². The fourth-order valence-corrected chi connectivity index (χ4v) is 3.01. The Morgan fingerprint density at radius 3 is 1.94 bits per heavy atom. The lowest BCUT2D eigenvalue weighted by molar-refractivity contribution is 0.0846. The third kappa shape index (κ3) is 4.62. The van der Waals surface area contributed by atoms with Crippen LogP contribution in [0.5, 0.6) is 0 Å². The van der Waals surface area contributed by atoms with Crippen molar-refractivity contribution in [2.24, 2.45) is 0 Å². The predicted molar refractivity (Wildman–Crippen MR) is 116 cm³/mol. The van der Waals surface area contributed by atoms with Crippen LogP contribution in [0.4, 0.5) is 0 Å². The summed E-state index contributed by atoms with van der Waals surface area (Å²) in [5.41, 5.74) is 8.06. The first-order valence-electron chi connectivity index (χ1n) is 9.37. The van der Waals surface area contributed by atoms with Crippen LogP contribution in [-0.4, -0.2) is 22.0 Å². The minimum Gasteiger partial charge on any atom is -0.416 e. The minimum atomic E-state index is -0.458. The fraction of sp³-hybridized carbons (Fsp3) is 0.0435. The summed E-state index contributed by atoms with van der Waals surface area (Å²) in [5.74, 6) is -0.127. The van der Waals surface area contributed by atoms with E-state index in [1.165, 1.54) is 0 Å². The molecule has 0 aliphatic rings. The van der Waals surface area contributed by atoms with Gasteiger partial charge in [-0.2, -0.15) is 0 Å². The summed E-state index contributed by atoms with van der Waals surface area (Å²) in [5, 5.41) is 8.73. The number of aromatic nitrogens is 2. The Kier molecular flexibility index (Phi) is 5.77. The van der Waals surface area contributed by atoms with Crippen LogP contribution in [-0.2, 0) is 0 Å². The van der Waals surface area contributed by atoms with Gasteiger partial charge in [-0.25, -0.2) is 0 Å². The molecule has 0 atom stereocenters. The summed E-state index contributed by atoms with van der Waals surface area (Å²) in [6, 6.07) is 20.7. The zero-order valence-electron chi connectivity index (χ0n) is 16.4. The van der Waals surface area contributed by atoms with Gasteiger partial charge in [0.25, 0.3) is 11.8 Å². The number of carbonyl (C=O) groups excluding carboxylic acids is 2. The van der Waals surface area contributed by atoms with Crippen LogP contribution in [0.15, 0.2) is 77.2 Å². The summed E-state index contributed by atoms with van der Waals surface area (Å²) in [6.07, 6.45) is 0. The molecular formula is C23H17ClN4O3. The van der Waals surface area contributed by atoms with E-state index in [4.69, 9.17) is 16.0 Å². The van der Waals surface area contributed by atoms with Crippen LogP contribution in [0, 0.1) is 6.92 Å². The van der Waals surface area contributed by atoms with Gasteiger partial charge in [0, 0.05) is 27.3 Å². The number of nitrogens with zero attached hydrogens (tertiary/aromatic N) is 2. The minimum absolute atomic E-state index is 0.348. The molecule has 0 radical (unpaired) electrons. The number of amides is 2. The molecule has 0 saturated carbocycles. The highest BCUT2D eigenvalue weighted by atomic mass is 35.5. The standard InChI is InChI=1S/C23H17ClN4O3/c1-14-4-2-3-5-19(14)23-28-27-22(31-23)17-8-6-15(7-9-17)20(29)25-26-21(30)16-10-12-18(24)13-11-16/h2-13H,1H3,(H,25,29)(H,26,30). The van der Waals surface area contributed by atoms with Crippen LogP contribution in [0.1, 0.15) is 26.3 Å². The highest BCUT2D eigenvalue weighted by Crippen LogP contribution is 2.26. The fourth-order valence-electron chi connectivity index (χ4n) is 2.88. The second kappa shape index (κ2) is 8.81. The zero-order valence-corrected chi connectivity index (χ0v) is 17.2. The van der Waals surface area contributed by atoms with Crippen molar-refractivity contribution in [3.05, 3.63) is 94.5 Å². The number of hydrogen-bond acceptors (Lipinski definition) is 5. The first-order chi connectivity index (χ1) is 15.0. The molecule has 8 heteroatoms. The molecule has 7 nitrogen and oxygen atoms in total. The van der Waals surface area contributed by atoms with Gasteiger partial charge in [0.1, 0.15) is 0 Å². The quantitative estimate of drug-likeness (QED) is 0.464. The molecule has 4 rings (SSSR count). The molecule has 1 aromatic heterocycles. The number of hydrogen-bond donors (Lipinski definition) is 2. The van der Waals surface area contributed by atoms with Crippen LogP contribution in [0.3, 0.4) is 0 Å². The van der Waals surface area contributed by atoms with Crippen LogP contribution in [0.25, 0.3) is 22.9 Å². The van der Waals surface area contributed by atoms with Crippen molar-refractivity contribution in [1.82, 2.24) is 21.0 Å². The molecule has 1 heterocycles. The van der Waals surface area contributed by atoms with Gasteiger partial charge in [-0.05, 0) is 67.1 Å². The number of hydrazine groups is 1. The Morgan fingerprint density at radius 1 is 0.774 bits per heavy atom. The summed E-state index contributed by atoms with van der Waals surface area (Å²) in [7, 11) is 0. The van der Waals surface area contributed by atoms with E-state index in [0.717, 1.165) is 11.1 Å². The van der Waals surface area contributed by atoms with Gasteiger partial charge in [-0.3, -0.25) is 20.4 Å². The molecule has 31 heavy (non-hydrogen) atoms. The summed E-state index contributed by atoms with van der Waals surface area (Å²) >= 11 is 5.80. The smallest absolute Gasteiger partial charge is 0.269 e. The van der Waals surface area contributed by atoms with Gasteiger partial charge >= 0.3 is 0 Å². The second-order valence-corrected chi connectivity index (χ2v) is 7.16. The van der Waals surface area contributed by atoms with E-state index >= 15 is 0 Å². The van der Waals surface area contributed by atoms with E-state index in [1.54, 1.807) is 48.5 Å². The van der Waals surface area contributed by atoms with E-state index in [1.807, 2.05) is 31.2 Å². The number of aryl methyl sites for hydroxylation is 1. The average molecular weight is 433 g/mol. The maximum atomic E-state index is 12.3. The van der Waals surface area contributed by atoms with E-state index in [-0.39, 0.29) is 0 Å². The van der Waals surface area contributed by atoms with Crippen molar-refractivity contribution in [3.8, 4) is 22.9 Å². The Labute approximate surface area is 183 Å². The molecule has 4 aromatic rings. The maximum Gasteiger partial charge on any atom is 0.269 e. The van der Waals surface area contributed by atoms with Crippen LogP contribution in [0.2, 0.25) is 5.02 Å². The SMILES string of the molecule is Cc1ccccc1-c1nnc(-c2ccc(C(=O)NNC(=O)c3ccc(Cl)cc3)cc2)o1. The molecule has 0 saturated heterocycles. The monoisotopic (exact) mass is 432 g/mol. The molecule has 154 valence electrons. The highest BCUT2D eigenvalue weighted by molar-refractivity contribution is 6.30. The van der Waals surface area contributed by atoms with Gasteiger partial charge in [-0.15, -0.1) is 10.2 Å². The second-order valence-electron chi connectivity index (χ2n) is 6.72. The molecule has 2 amide bonds. The third-order valence-electron chi connectivity index (χ3n) is 4.59. The van der Waals surface area contributed by atoms with Crippen molar-refractivity contribution >= 4 is 23.4 Å². The third-order valence-corrected chi connectivity index (χ3v) is 4.84. The number of carbonyl (C=O) groups is 2. The van der Waals surface area contributed by atoms with E-state index in [9.17, 15) is 9.59 Å². The summed E-state index contributed by atoms with van der Waals surface area (Å²) in [4.78, 5) is 24.4. The maximum absolute atomic E-state index is 12.3. The van der Waals surface area contributed by atoms with Crippen LogP contribution < -0.4 is 10.9 Å². The molecule has 0 unspecified atom stereocenters. The highest BCUT2D eigenvalue weighted by Gasteiger charge is 2.14. The lowest BCUT2D eigenvalue weighted by Crippen LogP contribution is -2.41. The molecule has 0 aliphatic carbocycles. The first kappa shape index (κ1) is 20.3. The van der Waals surface area contributed by atoms with Gasteiger partial charge in [0.2, 0.25) is 11.8 Å². The number of halogens is 1. The largest absolute Gasteiger partial charge is 0.416 e. The Morgan fingerprint density at radius 2 is 1.32 bits per heavy atom. The van der Waals surface area contributed by atoms with Crippen molar-refractivity contribution in [3.63, 3.8) is 0 Å². The van der Waals surface area contributed by atoms with E-state index in [0.29, 0.717) is 33.5 Å². The molecular weight excluding hydrogens is 416 g/mol. The molecule has 0 fully saturated rings. The topological polar surface area (TPSA) is 97.1 Å². The lowest BCUT2D eigenvalue weighted by Gasteiger charge is -2.07. The summed E-state index contributed by atoms with van der Waals surface area (Å²) in [6.45, 7) is 1.97. The average Bonchev–Trinajstić information content (AvgIpc) is 3.28. The first-order valence-corrected chi connectivity index (χ1v) is 9.75.